The maximum Gasteiger partial charge on any atom is 0.270 e. The van der Waals surface area contributed by atoms with E-state index >= 15 is 0 Å². The molecule has 1 atom stereocenters. The van der Waals surface area contributed by atoms with Gasteiger partial charge in [-0.1, -0.05) is 13.0 Å². The first kappa shape index (κ1) is 13.8. The van der Waals surface area contributed by atoms with Crippen molar-refractivity contribution in [1.29, 1.82) is 0 Å². The summed E-state index contributed by atoms with van der Waals surface area (Å²) in [5.41, 5.74) is 5.70. The number of anilines is 1. The van der Waals surface area contributed by atoms with Crippen LogP contribution in [0.25, 0.3) is 0 Å². The van der Waals surface area contributed by atoms with Gasteiger partial charge in [-0.2, -0.15) is 0 Å². The highest BCUT2D eigenvalue weighted by Crippen LogP contribution is 2.36. The Morgan fingerprint density at radius 1 is 1.38 bits per heavy atom. The fraction of sp³-hybridized carbons (Fsp3) is 0.400. The summed E-state index contributed by atoms with van der Waals surface area (Å²) < 4.78 is 0. The van der Waals surface area contributed by atoms with Gasteiger partial charge in [-0.25, -0.2) is 4.90 Å². The molecular weight excluding hydrogens is 270 g/mol. The summed E-state index contributed by atoms with van der Waals surface area (Å²) in [6, 6.07) is 4.70. The van der Waals surface area contributed by atoms with Crippen LogP contribution in [0.3, 0.4) is 0 Å². The molecule has 0 aromatic heterocycles. The van der Waals surface area contributed by atoms with E-state index in [1.165, 1.54) is 6.07 Å². The number of hydrogen-bond acceptors (Lipinski definition) is 5. The zero-order valence-corrected chi connectivity index (χ0v) is 11.8. The monoisotopic (exact) mass is 287 g/mol. The molecule has 2 aliphatic heterocycles. The molecular formula is C15H17N3O3. The Morgan fingerprint density at radius 2 is 2.14 bits per heavy atom. The Bertz CT molecular complexity index is 648. The predicted octanol–water partition coefficient (Wildman–Crippen LogP) is 0.781. The molecule has 2 heterocycles. The van der Waals surface area contributed by atoms with Gasteiger partial charge < -0.3 is 11.1 Å². The molecule has 110 valence electrons. The minimum absolute atomic E-state index is 0.146. The summed E-state index contributed by atoms with van der Waals surface area (Å²) in [7, 11) is 0. The molecule has 3 N–H and O–H groups in total. The first-order valence-corrected chi connectivity index (χ1v) is 7.04. The van der Waals surface area contributed by atoms with E-state index in [4.69, 9.17) is 5.73 Å². The average Bonchev–Trinajstić information content (AvgIpc) is 3.05. The Kier molecular flexibility index (Phi) is 3.06. The van der Waals surface area contributed by atoms with Crippen LogP contribution in [-0.4, -0.2) is 35.7 Å². The summed E-state index contributed by atoms with van der Waals surface area (Å²) in [4.78, 5) is 38.5. The lowest BCUT2D eigenvalue weighted by Crippen LogP contribution is -2.47. The van der Waals surface area contributed by atoms with E-state index in [-0.39, 0.29) is 16.8 Å². The van der Waals surface area contributed by atoms with Crippen molar-refractivity contribution in [2.75, 3.05) is 18.8 Å². The fourth-order valence-electron chi connectivity index (χ4n) is 3.11. The molecule has 0 spiro atoms. The van der Waals surface area contributed by atoms with Gasteiger partial charge in [0.05, 0.1) is 16.5 Å². The van der Waals surface area contributed by atoms with Gasteiger partial charge in [0, 0.05) is 12.2 Å². The van der Waals surface area contributed by atoms with Crippen molar-refractivity contribution >= 4 is 23.4 Å². The van der Waals surface area contributed by atoms with Crippen molar-refractivity contribution in [3.63, 3.8) is 0 Å². The van der Waals surface area contributed by atoms with E-state index in [1.807, 2.05) is 6.92 Å². The van der Waals surface area contributed by atoms with Crippen molar-refractivity contribution in [2.24, 2.45) is 5.41 Å². The Morgan fingerprint density at radius 3 is 2.71 bits per heavy atom. The van der Waals surface area contributed by atoms with E-state index in [1.54, 1.807) is 12.1 Å². The third-order valence-electron chi connectivity index (χ3n) is 4.52. The Hall–Kier alpha value is -2.21. The van der Waals surface area contributed by atoms with Gasteiger partial charge >= 0.3 is 0 Å². The number of benzene rings is 1. The highest BCUT2D eigenvalue weighted by Gasteiger charge is 2.50. The van der Waals surface area contributed by atoms with Crippen LogP contribution in [0.15, 0.2) is 18.2 Å². The topological polar surface area (TPSA) is 92.5 Å². The number of nitrogens with zero attached hydrogens (tertiary/aromatic N) is 1. The second-order valence-electron chi connectivity index (χ2n) is 5.58. The normalized spacial score (nSPS) is 24.5. The second kappa shape index (κ2) is 4.66. The summed E-state index contributed by atoms with van der Waals surface area (Å²) in [6.07, 6.45) is 1.22. The molecule has 0 aliphatic carbocycles. The van der Waals surface area contributed by atoms with Crippen LogP contribution in [0, 0.1) is 5.41 Å². The number of hydrogen-bond donors (Lipinski definition) is 2. The lowest BCUT2D eigenvalue weighted by atomic mass is 9.82. The number of nitrogen functional groups attached to an aromatic ring is 1. The predicted molar refractivity (Wildman–Crippen MR) is 76.6 cm³/mol. The van der Waals surface area contributed by atoms with Crippen molar-refractivity contribution in [2.45, 2.75) is 19.8 Å². The number of imide groups is 3. The third kappa shape index (κ3) is 1.79. The fourth-order valence-corrected chi connectivity index (χ4v) is 3.11. The van der Waals surface area contributed by atoms with Gasteiger partial charge in [0.2, 0.25) is 5.91 Å². The van der Waals surface area contributed by atoms with E-state index < -0.39 is 23.1 Å². The zero-order valence-electron chi connectivity index (χ0n) is 11.8. The highest BCUT2D eigenvalue weighted by molar-refractivity contribution is 6.31. The van der Waals surface area contributed by atoms with Gasteiger partial charge in [0.1, 0.15) is 0 Å². The van der Waals surface area contributed by atoms with Gasteiger partial charge in [0.15, 0.2) is 0 Å². The summed E-state index contributed by atoms with van der Waals surface area (Å²) in [5, 5.41) is 3.14. The molecule has 1 fully saturated rings. The van der Waals surface area contributed by atoms with Crippen LogP contribution in [0.5, 0.6) is 0 Å². The molecule has 0 radical (unpaired) electrons. The summed E-state index contributed by atoms with van der Waals surface area (Å²) in [6.45, 7) is 3.10. The molecule has 0 bridgehead atoms. The standard InChI is InChI=1S/C15H17N3O3/c1-2-15(6-7-17-8-15)14(21)18-12(19)9-4-3-5-10(16)11(9)13(18)20/h3-5,17H,2,6-8,16H2,1H3. The maximum absolute atomic E-state index is 12.8. The number of fused-ring (bicyclic) bond motifs is 1. The van der Waals surface area contributed by atoms with E-state index in [0.29, 0.717) is 25.9 Å². The third-order valence-corrected chi connectivity index (χ3v) is 4.52. The van der Waals surface area contributed by atoms with Crippen LogP contribution in [0.1, 0.15) is 40.5 Å². The Labute approximate surface area is 122 Å². The van der Waals surface area contributed by atoms with Gasteiger partial charge in [0.25, 0.3) is 11.8 Å². The number of carbonyl (C=O) groups is 3. The molecule has 3 rings (SSSR count). The van der Waals surface area contributed by atoms with Crippen LogP contribution in [-0.2, 0) is 4.79 Å². The molecule has 1 aromatic rings. The molecule has 1 aromatic carbocycles. The number of nitrogens with one attached hydrogen (secondary N) is 1. The molecule has 6 nitrogen and oxygen atoms in total. The Balaban J connectivity index is 2.02. The number of carbonyl (C=O) groups excluding carboxylic acids is 3. The molecule has 2 aliphatic rings. The summed E-state index contributed by atoms with van der Waals surface area (Å²) in [5.74, 6) is -1.58. The zero-order chi connectivity index (χ0) is 15.2. The van der Waals surface area contributed by atoms with Crippen molar-refractivity contribution in [1.82, 2.24) is 10.2 Å². The van der Waals surface area contributed by atoms with Crippen LogP contribution >= 0.6 is 0 Å². The quantitative estimate of drug-likeness (QED) is 0.619. The van der Waals surface area contributed by atoms with E-state index in [9.17, 15) is 14.4 Å². The minimum atomic E-state index is -0.678. The molecule has 0 saturated carbocycles. The summed E-state index contributed by atoms with van der Waals surface area (Å²) >= 11 is 0. The minimum Gasteiger partial charge on any atom is -0.398 e. The number of amides is 3. The van der Waals surface area contributed by atoms with Crippen molar-refractivity contribution in [3.05, 3.63) is 29.3 Å². The second-order valence-corrected chi connectivity index (χ2v) is 5.58. The average molecular weight is 287 g/mol. The van der Waals surface area contributed by atoms with Crippen molar-refractivity contribution < 1.29 is 14.4 Å². The van der Waals surface area contributed by atoms with Crippen molar-refractivity contribution in [3.8, 4) is 0 Å². The molecule has 21 heavy (non-hydrogen) atoms. The van der Waals surface area contributed by atoms with Crippen LogP contribution < -0.4 is 11.1 Å². The first-order valence-electron chi connectivity index (χ1n) is 7.04. The largest absolute Gasteiger partial charge is 0.398 e. The molecule has 3 amide bonds. The first-order chi connectivity index (χ1) is 10.0. The van der Waals surface area contributed by atoms with Gasteiger partial charge in [-0.15, -0.1) is 0 Å². The van der Waals surface area contributed by atoms with E-state index in [2.05, 4.69) is 5.32 Å². The smallest absolute Gasteiger partial charge is 0.270 e. The van der Waals surface area contributed by atoms with Crippen LogP contribution in [0.2, 0.25) is 0 Å². The van der Waals surface area contributed by atoms with Gasteiger partial charge in [-0.05, 0) is 31.5 Å². The molecule has 1 saturated heterocycles. The lowest BCUT2D eigenvalue weighted by Gasteiger charge is -2.28. The number of nitrogens with two attached hydrogens (primary N) is 1. The SMILES string of the molecule is CCC1(C(=O)N2C(=O)c3cccc(N)c3C2=O)CCNC1. The van der Waals surface area contributed by atoms with Gasteiger partial charge in [-0.3, -0.25) is 14.4 Å². The van der Waals surface area contributed by atoms with Crippen LogP contribution in [0.4, 0.5) is 5.69 Å². The molecule has 6 heteroatoms. The lowest BCUT2D eigenvalue weighted by molar-refractivity contribution is -0.136. The maximum atomic E-state index is 12.8. The highest BCUT2D eigenvalue weighted by atomic mass is 16.2. The number of rotatable bonds is 2. The van der Waals surface area contributed by atoms with E-state index in [0.717, 1.165) is 4.90 Å². The molecule has 1 unspecified atom stereocenters.